The number of hydrogen-bond acceptors (Lipinski definition) is 3. The summed E-state index contributed by atoms with van der Waals surface area (Å²) in [6.45, 7) is 4.34. The Bertz CT molecular complexity index is 511. The van der Waals surface area contributed by atoms with Crippen molar-refractivity contribution in [1.82, 2.24) is 19.9 Å². The maximum absolute atomic E-state index is 4.60. The maximum atomic E-state index is 4.60. The van der Waals surface area contributed by atoms with Gasteiger partial charge in [-0.3, -0.25) is 0 Å². The molecule has 0 aromatic carbocycles. The number of aryl methyl sites for hydroxylation is 1. The van der Waals surface area contributed by atoms with Crippen LogP contribution in [-0.4, -0.2) is 27.7 Å². The molecular formula is C13H18N4. The molecule has 3 rings (SSSR count). The number of nitrogens with one attached hydrogen (secondary N) is 1. The number of piperidine rings is 1. The molecule has 2 aromatic heterocycles. The van der Waals surface area contributed by atoms with Crippen LogP contribution in [0.15, 0.2) is 18.2 Å². The summed E-state index contributed by atoms with van der Waals surface area (Å²) in [7, 11) is 0. The second-order valence-corrected chi connectivity index (χ2v) is 4.86. The summed E-state index contributed by atoms with van der Waals surface area (Å²) in [5.74, 6) is 1.74. The van der Waals surface area contributed by atoms with E-state index >= 15 is 0 Å². The van der Waals surface area contributed by atoms with Crippen molar-refractivity contribution in [2.45, 2.75) is 26.2 Å². The van der Waals surface area contributed by atoms with Crippen LogP contribution in [0.5, 0.6) is 0 Å². The van der Waals surface area contributed by atoms with Gasteiger partial charge >= 0.3 is 0 Å². The number of pyridine rings is 1. The van der Waals surface area contributed by atoms with Crippen molar-refractivity contribution < 1.29 is 0 Å². The van der Waals surface area contributed by atoms with Crippen molar-refractivity contribution in [2.24, 2.45) is 5.92 Å². The smallest absolute Gasteiger partial charge is 0.155 e. The van der Waals surface area contributed by atoms with Crippen LogP contribution in [0.3, 0.4) is 0 Å². The minimum absolute atomic E-state index is 0.744. The highest BCUT2D eigenvalue weighted by molar-refractivity contribution is 5.38. The van der Waals surface area contributed by atoms with E-state index in [2.05, 4.69) is 28.4 Å². The van der Waals surface area contributed by atoms with Gasteiger partial charge in [0, 0.05) is 12.1 Å². The minimum atomic E-state index is 0.744. The Morgan fingerprint density at radius 1 is 1.35 bits per heavy atom. The van der Waals surface area contributed by atoms with Crippen LogP contribution in [0, 0.1) is 12.8 Å². The van der Waals surface area contributed by atoms with E-state index in [0.717, 1.165) is 42.6 Å². The quantitative estimate of drug-likeness (QED) is 0.851. The zero-order valence-corrected chi connectivity index (χ0v) is 10.2. The van der Waals surface area contributed by atoms with Gasteiger partial charge in [-0.1, -0.05) is 6.07 Å². The molecule has 4 heteroatoms. The highest BCUT2D eigenvalue weighted by Gasteiger charge is 2.16. The molecule has 0 aliphatic carbocycles. The molecule has 0 amide bonds. The van der Waals surface area contributed by atoms with E-state index in [1.165, 1.54) is 12.8 Å². The Hall–Kier alpha value is -1.42. The zero-order valence-electron chi connectivity index (χ0n) is 10.2. The molecule has 0 saturated carbocycles. The van der Waals surface area contributed by atoms with Gasteiger partial charge in [-0.2, -0.15) is 5.10 Å². The average molecular weight is 230 g/mol. The Balaban J connectivity index is 1.83. The van der Waals surface area contributed by atoms with Gasteiger partial charge in [-0.25, -0.2) is 9.50 Å². The predicted octanol–water partition coefficient (Wildman–Crippen LogP) is 1.58. The van der Waals surface area contributed by atoms with Crippen LogP contribution in [0.25, 0.3) is 5.65 Å². The molecule has 1 aliphatic heterocycles. The summed E-state index contributed by atoms with van der Waals surface area (Å²) < 4.78 is 1.94. The Morgan fingerprint density at radius 3 is 2.94 bits per heavy atom. The second-order valence-electron chi connectivity index (χ2n) is 4.86. The standard InChI is InChI=1S/C13H18N4/c1-10-3-2-4-13-15-12(16-17(10)13)9-11-5-7-14-8-6-11/h2-4,11,14H,5-9H2,1H3. The molecular weight excluding hydrogens is 212 g/mol. The third-order valence-corrected chi connectivity index (χ3v) is 3.52. The summed E-state index contributed by atoms with van der Waals surface area (Å²) in [5, 5.41) is 7.98. The lowest BCUT2D eigenvalue weighted by Gasteiger charge is -2.20. The van der Waals surface area contributed by atoms with Gasteiger partial charge < -0.3 is 5.32 Å². The van der Waals surface area contributed by atoms with Crippen LogP contribution < -0.4 is 5.32 Å². The van der Waals surface area contributed by atoms with Crippen molar-refractivity contribution in [1.29, 1.82) is 0 Å². The molecule has 17 heavy (non-hydrogen) atoms. The van der Waals surface area contributed by atoms with Crippen LogP contribution >= 0.6 is 0 Å². The zero-order chi connectivity index (χ0) is 11.7. The highest BCUT2D eigenvalue weighted by Crippen LogP contribution is 2.16. The molecule has 3 heterocycles. The molecule has 2 aromatic rings. The second kappa shape index (κ2) is 4.45. The number of hydrogen-bond donors (Lipinski definition) is 1. The minimum Gasteiger partial charge on any atom is -0.317 e. The van der Waals surface area contributed by atoms with E-state index in [1.54, 1.807) is 0 Å². The van der Waals surface area contributed by atoms with Crippen LogP contribution in [0.2, 0.25) is 0 Å². The van der Waals surface area contributed by atoms with Crippen LogP contribution in [0.1, 0.15) is 24.4 Å². The third-order valence-electron chi connectivity index (χ3n) is 3.52. The molecule has 1 aliphatic rings. The number of aromatic nitrogens is 3. The Kier molecular flexibility index (Phi) is 2.81. The lowest BCUT2D eigenvalue weighted by atomic mass is 9.94. The van der Waals surface area contributed by atoms with Crippen LogP contribution in [0.4, 0.5) is 0 Å². The van der Waals surface area contributed by atoms with Crippen molar-refractivity contribution >= 4 is 5.65 Å². The summed E-state index contributed by atoms with van der Waals surface area (Å²) >= 11 is 0. The lowest BCUT2D eigenvalue weighted by Crippen LogP contribution is -2.28. The molecule has 90 valence electrons. The SMILES string of the molecule is Cc1cccc2nc(CC3CCNCC3)nn12. The Labute approximate surface area is 101 Å². The summed E-state index contributed by atoms with van der Waals surface area (Å²) in [4.78, 5) is 4.60. The lowest BCUT2D eigenvalue weighted by molar-refractivity contribution is 0.367. The van der Waals surface area contributed by atoms with E-state index in [4.69, 9.17) is 0 Å². The van der Waals surface area contributed by atoms with Gasteiger partial charge in [0.1, 0.15) is 0 Å². The maximum Gasteiger partial charge on any atom is 0.155 e. The van der Waals surface area contributed by atoms with Gasteiger partial charge in [0.05, 0.1) is 0 Å². The van der Waals surface area contributed by atoms with E-state index in [0.29, 0.717) is 0 Å². The number of nitrogens with zero attached hydrogens (tertiary/aromatic N) is 3. The summed E-state index contributed by atoms with van der Waals surface area (Å²) in [5.41, 5.74) is 2.11. The summed E-state index contributed by atoms with van der Waals surface area (Å²) in [6, 6.07) is 6.12. The monoisotopic (exact) mass is 230 g/mol. The molecule has 1 saturated heterocycles. The first kappa shape index (κ1) is 10.7. The fourth-order valence-electron chi connectivity index (χ4n) is 2.51. The van der Waals surface area contributed by atoms with E-state index < -0.39 is 0 Å². The first-order valence-electron chi connectivity index (χ1n) is 6.35. The van der Waals surface area contributed by atoms with Gasteiger partial charge in [-0.15, -0.1) is 0 Å². The van der Waals surface area contributed by atoms with Crippen molar-refractivity contribution in [2.75, 3.05) is 13.1 Å². The van der Waals surface area contributed by atoms with Gasteiger partial charge in [-0.05, 0) is 50.9 Å². The highest BCUT2D eigenvalue weighted by atomic mass is 15.3. The Morgan fingerprint density at radius 2 is 2.18 bits per heavy atom. The summed E-state index contributed by atoms with van der Waals surface area (Å²) in [6.07, 6.45) is 3.51. The van der Waals surface area contributed by atoms with Gasteiger partial charge in [0.25, 0.3) is 0 Å². The van der Waals surface area contributed by atoms with E-state index in [1.807, 2.05) is 16.6 Å². The average Bonchev–Trinajstić information content (AvgIpc) is 2.74. The molecule has 1 fully saturated rings. The predicted molar refractivity (Wildman–Crippen MR) is 67.0 cm³/mol. The molecule has 0 radical (unpaired) electrons. The van der Waals surface area contributed by atoms with Crippen molar-refractivity contribution in [3.05, 3.63) is 29.7 Å². The first-order valence-corrected chi connectivity index (χ1v) is 6.35. The first-order chi connectivity index (χ1) is 8.33. The van der Waals surface area contributed by atoms with E-state index in [-0.39, 0.29) is 0 Å². The fraction of sp³-hybridized carbons (Fsp3) is 0.538. The molecule has 0 spiro atoms. The van der Waals surface area contributed by atoms with Gasteiger partial charge in [0.2, 0.25) is 0 Å². The van der Waals surface area contributed by atoms with Gasteiger partial charge in [0.15, 0.2) is 11.5 Å². The molecule has 0 atom stereocenters. The largest absolute Gasteiger partial charge is 0.317 e. The molecule has 0 unspecified atom stereocenters. The normalized spacial score (nSPS) is 17.7. The molecule has 0 bridgehead atoms. The third kappa shape index (κ3) is 2.17. The molecule has 1 N–H and O–H groups in total. The molecule has 4 nitrogen and oxygen atoms in total. The van der Waals surface area contributed by atoms with Crippen LogP contribution in [-0.2, 0) is 6.42 Å². The van der Waals surface area contributed by atoms with Crippen molar-refractivity contribution in [3.63, 3.8) is 0 Å². The number of rotatable bonds is 2. The van der Waals surface area contributed by atoms with Crippen molar-refractivity contribution in [3.8, 4) is 0 Å². The van der Waals surface area contributed by atoms with E-state index in [9.17, 15) is 0 Å². The topological polar surface area (TPSA) is 42.2 Å². The fourth-order valence-corrected chi connectivity index (χ4v) is 2.51. The number of fused-ring (bicyclic) bond motifs is 1.